The van der Waals surface area contributed by atoms with E-state index in [1.807, 2.05) is 11.8 Å². The monoisotopic (exact) mass is 311 g/mol. The molecule has 3 N–H and O–H groups in total. The number of anilines is 2. The fourth-order valence-electron chi connectivity index (χ4n) is 2.34. The molecule has 1 fully saturated rings. The van der Waals surface area contributed by atoms with Crippen LogP contribution in [0, 0.1) is 5.82 Å². The summed E-state index contributed by atoms with van der Waals surface area (Å²) >= 11 is 2.00. The zero-order valence-electron chi connectivity index (χ0n) is 12.1. The lowest BCUT2D eigenvalue weighted by atomic mass is 10.2. The Hall–Kier alpha value is -1.27. The van der Waals surface area contributed by atoms with Crippen molar-refractivity contribution in [3.63, 3.8) is 0 Å². The van der Waals surface area contributed by atoms with Gasteiger partial charge in [0.1, 0.15) is 5.82 Å². The van der Waals surface area contributed by atoms with Crippen molar-refractivity contribution in [2.24, 2.45) is 0 Å². The van der Waals surface area contributed by atoms with Gasteiger partial charge in [0.2, 0.25) is 5.91 Å². The first kappa shape index (κ1) is 16.1. The smallest absolute Gasteiger partial charge is 0.224 e. The Labute approximate surface area is 129 Å². The molecule has 0 aliphatic carbocycles. The van der Waals surface area contributed by atoms with Crippen molar-refractivity contribution in [1.29, 1.82) is 0 Å². The topological polar surface area (TPSA) is 58.4 Å². The highest BCUT2D eigenvalue weighted by atomic mass is 32.2. The predicted molar refractivity (Wildman–Crippen MR) is 87.1 cm³/mol. The SMILES string of the molecule is Nc1cc(F)ccc1NC(=O)CCCN1CCCSCC1. The minimum atomic E-state index is -0.399. The van der Waals surface area contributed by atoms with Crippen molar-refractivity contribution in [2.75, 3.05) is 42.2 Å². The molecule has 21 heavy (non-hydrogen) atoms. The summed E-state index contributed by atoms with van der Waals surface area (Å²) in [5, 5.41) is 2.73. The lowest BCUT2D eigenvalue weighted by Gasteiger charge is -2.18. The molecule has 1 aromatic rings. The lowest BCUT2D eigenvalue weighted by Crippen LogP contribution is -2.28. The van der Waals surface area contributed by atoms with E-state index in [2.05, 4.69) is 10.2 Å². The molecule has 4 nitrogen and oxygen atoms in total. The summed E-state index contributed by atoms with van der Waals surface area (Å²) < 4.78 is 12.9. The molecule has 1 aromatic carbocycles. The van der Waals surface area contributed by atoms with Crippen LogP contribution in [0.2, 0.25) is 0 Å². The Kier molecular flexibility index (Phi) is 6.32. The summed E-state index contributed by atoms with van der Waals surface area (Å²) in [5.74, 6) is 1.95. The molecule has 0 unspecified atom stereocenters. The van der Waals surface area contributed by atoms with Gasteiger partial charge in [-0.3, -0.25) is 4.79 Å². The number of nitrogens with one attached hydrogen (secondary N) is 1. The fraction of sp³-hybridized carbons (Fsp3) is 0.533. The molecule has 6 heteroatoms. The van der Waals surface area contributed by atoms with Gasteiger partial charge in [0, 0.05) is 18.7 Å². The van der Waals surface area contributed by atoms with Gasteiger partial charge in [-0.25, -0.2) is 4.39 Å². The summed E-state index contributed by atoms with van der Waals surface area (Å²) in [7, 11) is 0. The molecule has 1 heterocycles. The second-order valence-corrected chi connectivity index (χ2v) is 6.42. The van der Waals surface area contributed by atoms with E-state index in [1.54, 1.807) is 0 Å². The third kappa shape index (κ3) is 5.55. The normalized spacial score (nSPS) is 16.4. The first-order chi connectivity index (χ1) is 10.1. The maximum Gasteiger partial charge on any atom is 0.224 e. The fourth-order valence-corrected chi connectivity index (χ4v) is 3.27. The number of amides is 1. The minimum absolute atomic E-state index is 0.0718. The van der Waals surface area contributed by atoms with E-state index < -0.39 is 5.82 Å². The largest absolute Gasteiger partial charge is 0.397 e. The van der Waals surface area contributed by atoms with Crippen LogP contribution in [0.3, 0.4) is 0 Å². The van der Waals surface area contributed by atoms with Gasteiger partial charge in [-0.2, -0.15) is 11.8 Å². The molecule has 2 rings (SSSR count). The number of nitrogens with two attached hydrogens (primary N) is 1. The number of carbonyl (C=O) groups is 1. The van der Waals surface area contributed by atoms with Gasteiger partial charge in [0.05, 0.1) is 11.4 Å². The van der Waals surface area contributed by atoms with Crippen LogP contribution in [0.25, 0.3) is 0 Å². The van der Waals surface area contributed by atoms with Gasteiger partial charge in [0.15, 0.2) is 0 Å². The maximum atomic E-state index is 12.9. The van der Waals surface area contributed by atoms with E-state index >= 15 is 0 Å². The van der Waals surface area contributed by atoms with Crippen molar-refractivity contribution in [1.82, 2.24) is 4.90 Å². The Balaban J connectivity index is 1.71. The number of halogens is 1. The number of rotatable bonds is 5. The molecular formula is C15H22FN3OS. The van der Waals surface area contributed by atoms with Crippen molar-refractivity contribution in [3.8, 4) is 0 Å². The second kappa shape index (κ2) is 8.24. The molecule has 0 saturated carbocycles. The number of thioether (sulfide) groups is 1. The summed E-state index contributed by atoms with van der Waals surface area (Å²) in [6, 6.07) is 4.00. The van der Waals surface area contributed by atoms with E-state index in [4.69, 9.17) is 5.73 Å². The van der Waals surface area contributed by atoms with Crippen molar-refractivity contribution in [2.45, 2.75) is 19.3 Å². The zero-order valence-corrected chi connectivity index (χ0v) is 12.9. The molecule has 116 valence electrons. The lowest BCUT2D eigenvalue weighted by molar-refractivity contribution is -0.116. The van der Waals surface area contributed by atoms with Gasteiger partial charge >= 0.3 is 0 Å². The number of carbonyl (C=O) groups excluding carboxylic acids is 1. The van der Waals surface area contributed by atoms with E-state index in [1.165, 1.54) is 36.1 Å². The first-order valence-corrected chi connectivity index (χ1v) is 8.45. The Bertz CT molecular complexity index is 476. The van der Waals surface area contributed by atoms with Gasteiger partial charge < -0.3 is 16.0 Å². The third-order valence-electron chi connectivity index (χ3n) is 3.48. The summed E-state index contributed by atoms with van der Waals surface area (Å²) in [6.07, 6.45) is 2.51. The van der Waals surface area contributed by atoms with Crippen LogP contribution in [0.4, 0.5) is 15.8 Å². The number of nitrogens with zero attached hydrogens (tertiary/aromatic N) is 1. The van der Waals surface area contributed by atoms with E-state index in [-0.39, 0.29) is 11.6 Å². The predicted octanol–water partition coefficient (Wildman–Crippen LogP) is 2.57. The first-order valence-electron chi connectivity index (χ1n) is 7.30. The maximum absolute atomic E-state index is 12.9. The highest BCUT2D eigenvalue weighted by Crippen LogP contribution is 2.19. The number of benzene rings is 1. The summed E-state index contributed by atoms with van der Waals surface area (Å²) in [4.78, 5) is 14.3. The average molecular weight is 311 g/mol. The minimum Gasteiger partial charge on any atom is -0.397 e. The Morgan fingerprint density at radius 2 is 2.24 bits per heavy atom. The molecule has 1 saturated heterocycles. The molecule has 0 aromatic heterocycles. The Morgan fingerprint density at radius 1 is 1.38 bits per heavy atom. The molecule has 0 spiro atoms. The van der Waals surface area contributed by atoms with Crippen LogP contribution < -0.4 is 11.1 Å². The van der Waals surface area contributed by atoms with E-state index in [0.717, 1.165) is 26.1 Å². The van der Waals surface area contributed by atoms with Gasteiger partial charge in [-0.1, -0.05) is 0 Å². The van der Waals surface area contributed by atoms with Crippen molar-refractivity contribution < 1.29 is 9.18 Å². The highest BCUT2D eigenvalue weighted by molar-refractivity contribution is 7.99. The van der Waals surface area contributed by atoms with Gasteiger partial charge in [-0.15, -0.1) is 0 Å². The van der Waals surface area contributed by atoms with Crippen LogP contribution in [0.1, 0.15) is 19.3 Å². The summed E-state index contributed by atoms with van der Waals surface area (Å²) in [6.45, 7) is 3.18. The number of nitrogen functional groups attached to an aromatic ring is 1. The molecule has 0 radical (unpaired) electrons. The molecule has 0 atom stereocenters. The van der Waals surface area contributed by atoms with Crippen LogP contribution >= 0.6 is 11.8 Å². The van der Waals surface area contributed by atoms with Crippen LogP contribution in [-0.2, 0) is 4.79 Å². The number of hydrogen-bond donors (Lipinski definition) is 2. The molecule has 0 bridgehead atoms. The van der Waals surface area contributed by atoms with E-state index in [9.17, 15) is 9.18 Å². The Morgan fingerprint density at radius 3 is 3.05 bits per heavy atom. The molecule has 1 amide bonds. The van der Waals surface area contributed by atoms with Crippen molar-refractivity contribution >= 4 is 29.0 Å². The summed E-state index contributed by atoms with van der Waals surface area (Å²) in [5.41, 5.74) is 6.40. The standard InChI is InChI=1S/C15H22FN3OS/c16-12-4-5-14(13(17)11-12)18-15(20)3-1-6-19-7-2-9-21-10-8-19/h4-5,11H,1-3,6-10,17H2,(H,18,20). The average Bonchev–Trinajstić information content (AvgIpc) is 2.71. The van der Waals surface area contributed by atoms with Gasteiger partial charge in [0.25, 0.3) is 0 Å². The van der Waals surface area contributed by atoms with Crippen LogP contribution in [-0.4, -0.2) is 41.9 Å². The van der Waals surface area contributed by atoms with E-state index in [0.29, 0.717) is 12.1 Å². The van der Waals surface area contributed by atoms with Crippen LogP contribution in [0.15, 0.2) is 18.2 Å². The highest BCUT2D eigenvalue weighted by Gasteiger charge is 2.10. The second-order valence-electron chi connectivity index (χ2n) is 5.19. The van der Waals surface area contributed by atoms with Gasteiger partial charge in [-0.05, 0) is 49.9 Å². The zero-order chi connectivity index (χ0) is 15.1. The number of hydrogen-bond acceptors (Lipinski definition) is 4. The molecule has 1 aliphatic rings. The van der Waals surface area contributed by atoms with Crippen molar-refractivity contribution in [3.05, 3.63) is 24.0 Å². The molecular weight excluding hydrogens is 289 g/mol. The third-order valence-corrected chi connectivity index (χ3v) is 4.53. The van der Waals surface area contributed by atoms with Crippen LogP contribution in [0.5, 0.6) is 0 Å². The quantitative estimate of drug-likeness (QED) is 0.821. The molecule has 1 aliphatic heterocycles.